The Bertz CT molecular complexity index is 724. The minimum Gasteiger partial charge on any atom is -0.480 e. The normalized spacial score (nSPS) is 11.2. The van der Waals surface area contributed by atoms with Crippen LogP contribution >= 0.6 is 0 Å². The lowest BCUT2D eigenvalue weighted by Crippen LogP contribution is -2.30. The zero-order chi connectivity index (χ0) is 16.7. The van der Waals surface area contributed by atoms with Gasteiger partial charge in [0.15, 0.2) is 6.20 Å². The molecule has 0 saturated carbocycles. The van der Waals surface area contributed by atoms with Gasteiger partial charge in [0.25, 0.3) is 0 Å². The number of aromatic nitrogens is 1. The summed E-state index contributed by atoms with van der Waals surface area (Å²) in [6.45, 7) is -0.182. The van der Waals surface area contributed by atoms with Crippen molar-refractivity contribution in [3.05, 3.63) is 59.9 Å². The van der Waals surface area contributed by atoms with Gasteiger partial charge in [-0.05, 0) is 29.8 Å². The molecule has 118 valence electrons. The molecule has 23 heavy (non-hydrogen) atoms. The van der Waals surface area contributed by atoms with Crippen LogP contribution in [0, 0.1) is 0 Å². The standard InChI is InChI=1S/C17H18N4O2/c1-20-12-4-3-5-16(20)11-8-14-6-9-15(10-7-14)18-19-21(2)13-17(22)23/h3-12H,13H2,1-2H3/p+1. The number of aliphatic carboxylic acids is 1. The number of rotatable bonds is 6. The van der Waals surface area contributed by atoms with Gasteiger partial charge in [-0.15, -0.1) is 5.11 Å². The number of hydrogen-bond acceptors (Lipinski definition) is 3. The third-order valence-corrected chi connectivity index (χ3v) is 3.11. The second-order valence-electron chi connectivity index (χ2n) is 5.06. The molecule has 0 spiro atoms. The first kappa shape index (κ1) is 16.4. The van der Waals surface area contributed by atoms with E-state index in [1.54, 1.807) is 7.05 Å². The lowest BCUT2D eigenvalue weighted by atomic mass is 10.2. The summed E-state index contributed by atoms with van der Waals surface area (Å²) in [5, 5.41) is 17.7. The van der Waals surface area contributed by atoms with Gasteiger partial charge < -0.3 is 5.11 Å². The Morgan fingerprint density at radius 3 is 2.61 bits per heavy atom. The van der Waals surface area contributed by atoms with Gasteiger partial charge in [0.2, 0.25) is 5.69 Å². The van der Waals surface area contributed by atoms with Crippen molar-refractivity contribution in [2.75, 3.05) is 13.6 Å². The van der Waals surface area contributed by atoms with Crippen LogP contribution in [0.2, 0.25) is 0 Å². The topological polar surface area (TPSA) is 69.1 Å². The summed E-state index contributed by atoms with van der Waals surface area (Å²) in [5.41, 5.74) is 2.82. The maximum atomic E-state index is 10.5. The molecule has 2 rings (SSSR count). The SMILES string of the molecule is CN(CC(=O)O)/N=N\c1ccc(/C=C/c2cccc[n+]2C)cc1. The highest BCUT2D eigenvalue weighted by atomic mass is 16.4. The maximum absolute atomic E-state index is 10.5. The van der Waals surface area contributed by atoms with E-state index in [0.29, 0.717) is 5.69 Å². The van der Waals surface area contributed by atoms with Gasteiger partial charge in [-0.25, -0.2) is 4.57 Å². The molecule has 0 atom stereocenters. The van der Waals surface area contributed by atoms with Gasteiger partial charge in [0.1, 0.15) is 13.6 Å². The summed E-state index contributed by atoms with van der Waals surface area (Å²) in [5.74, 6) is -0.944. The largest absolute Gasteiger partial charge is 0.480 e. The molecule has 2 aromatic rings. The number of aryl methyl sites for hydroxylation is 1. The van der Waals surface area contributed by atoms with Crippen LogP contribution in [0.25, 0.3) is 12.2 Å². The van der Waals surface area contributed by atoms with E-state index in [1.165, 1.54) is 5.01 Å². The molecule has 0 aliphatic heterocycles. The number of hydrogen-bond donors (Lipinski definition) is 1. The van der Waals surface area contributed by atoms with Crippen LogP contribution in [0.4, 0.5) is 5.69 Å². The molecule has 0 aliphatic rings. The van der Waals surface area contributed by atoms with Crippen LogP contribution in [0.5, 0.6) is 0 Å². The average molecular weight is 311 g/mol. The van der Waals surface area contributed by atoms with Crippen molar-refractivity contribution in [2.45, 2.75) is 0 Å². The number of pyridine rings is 1. The van der Waals surface area contributed by atoms with Crippen molar-refractivity contribution in [2.24, 2.45) is 17.4 Å². The maximum Gasteiger partial charge on any atom is 0.324 e. The lowest BCUT2D eigenvalue weighted by Gasteiger charge is -2.06. The second kappa shape index (κ2) is 7.84. The molecule has 6 heteroatoms. The fourth-order valence-corrected chi connectivity index (χ4v) is 1.90. The summed E-state index contributed by atoms with van der Waals surface area (Å²) >= 11 is 0. The molecule has 1 aromatic heterocycles. The minimum absolute atomic E-state index is 0.182. The highest BCUT2D eigenvalue weighted by molar-refractivity contribution is 5.69. The Labute approximate surface area is 135 Å². The first-order valence-electron chi connectivity index (χ1n) is 7.12. The van der Waals surface area contributed by atoms with Gasteiger partial charge in [0, 0.05) is 25.3 Å². The molecular weight excluding hydrogens is 292 g/mol. The molecule has 0 radical (unpaired) electrons. The Morgan fingerprint density at radius 1 is 1.22 bits per heavy atom. The fourth-order valence-electron chi connectivity index (χ4n) is 1.90. The minimum atomic E-state index is -0.944. The van der Waals surface area contributed by atoms with Gasteiger partial charge in [-0.3, -0.25) is 9.80 Å². The Kier molecular flexibility index (Phi) is 5.57. The van der Waals surface area contributed by atoms with Crippen LogP contribution in [0.1, 0.15) is 11.3 Å². The average Bonchev–Trinajstić information content (AvgIpc) is 2.52. The van der Waals surface area contributed by atoms with Crippen molar-refractivity contribution < 1.29 is 14.5 Å². The summed E-state index contributed by atoms with van der Waals surface area (Å²) < 4.78 is 2.04. The van der Waals surface area contributed by atoms with Crippen molar-refractivity contribution in [1.29, 1.82) is 0 Å². The molecule has 0 amide bonds. The molecule has 0 aliphatic carbocycles. The van der Waals surface area contributed by atoms with E-state index in [9.17, 15) is 4.79 Å². The van der Waals surface area contributed by atoms with Crippen LogP contribution in [0.3, 0.4) is 0 Å². The highest BCUT2D eigenvalue weighted by Crippen LogP contribution is 2.15. The zero-order valence-electron chi connectivity index (χ0n) is 13.1. The first-order chi connectivity index (χ1) is 11.0. The number of nitrogens with zero attached hydrogens (tertiary/aromatic N) is 4. The van der Waals surface area contributed by atoms with E-state index in [0.717, 1.165) is 11.3 Å². The second-order valence-corrected chi connectivity index (χ2v) is 5.06. The molecule has 6 nitrogen and oxygen atoms in total. The molecular formula is C17H19N4O2+. The van der Waals surface area contributed by atoms with Crippen LogP contribution in [-0.2, 0) is 11.8 Å². The number of carbonyl (C=O) groups is 1. The number of carboxylic acids is 1. The summed E-state index contributed by atoms with van der Waals surface area (Å²) in [6, 6.07) is 13.6. The Balaban J connectivity index is 2.01. The third kappa shape index (κ3) is 5.35. The van der Waals surface area contributed by atoms with E-state index >= 15 is 0 Å². The Hall–Kier alpha value is -3.02. The van der Waals surface area contributed by atoms with Crippen LogP contribution in [0.15, 0.2) is 59.0 Å². The number of benzene rings is 1. The molecule has 0 fully saturated rings. The van der Waals surface area contributed by atoms with Crippen molar-refractivity contribution in [3.63, 3.8) is 0 Å². The van der Waals surface area contributed by atoms with Crippen molar-refractivity contribution >= 4 is 23.8 Å². The third-order valence-electron chi connectivity index (χ3n) is 3.11. The van der Waals surface area contributed by atoms with Gasteiger partial charge in [-0.2, -0.15) is 0 Å². The Morgan fingerprint density at radius 2 is 1.96 bits per heavy atom. The van der Waals surface area contributed by atoms with E-state index in [-0.39, 0.29) is 6.54 Å². The predicted molar refractivity (Wildman–Crippen MR) is 87.8 cm³/mol. The molecule has 1 aromatic carbocycles. The van der Waals surface area contributed by atoms with E-state index in [4.69, 9.17) is 5.11 Å². The van der Waals surface area contributed by atoms with Gasteiger partial charge >= 0.3 is 5.97 Å². The zero-order valence-corrected chi connectivity index (χ0v) is 13.1. The van der Waals surface area contributed by atoms with Gasteiger partial charge in [0.05, 0.1) is 5.69 Å². The fraction of sp³-hybridized carbons (Fsp3) is 0.176. The highest BCUT2D eigenvalue weighted by Gasteiger charge is 2.01. The summed E-state index contributed by atoms with van der Waals surface area (Å²) in [6.07, 6.45) is 6.06. The monoisotopic (exact) mass is 311 g/mol. The lowest BCUT2D eigenvalue weighted by molar-refractivity contribution is -0.673. The van der Waals surface area contributed by atoms with Crippen LogP contribution < -0.4 is 4.57 Å². The number of carboxylic acid groups (broad SMARTS) is 1. The van der Waals surface area contributed by atoms with E-state index in [1.807, 2.05) is 72.4 Å². The predicted octanol–water partition coefficient (Wildman–Crippen LogP) is 2.70. The summed E-state index contributed by atoms with van der Waals surface area (Å²) in [7, 11) is 3.56. The number of likely N-dealkylation sites (N-methyl/N-ethyl adjacent to an activating group) is 1. The van der Waals surface area contributed by atoms with Gasteiger partial charge in [-0.1, -0.05) is 17.4 Å². The van der Waals surface area contributed by atoms with E-state index in [2.05, 4.69) is 10.3 Å². The molecule has 0 unspecified atom stereocenters. The van der Waals surface area contributed by atoms with Crippen molar-refractivity contribution in [1.82, 2.24) is 5.01 Å². The quantitative estimate of drug-likeness (QED) is 0.506. The smallest absolute Gasteiger partial charge is 0.324 e. The molecule has 1 heterocycles. The first-order valence-corrected chi connectivity index (χ1v) is 7.12. The van der Waals surface area contributed by atoms with E-state index < -0.39 is 5.97 Å². The van der Waals surface area contributed by atoms with Crippen LogP contribution in [-0.4, -0.2) is 29.7 Å². The molecule has 0 saturated heterocycles. The summed E-state index contributed by atoms with van der Waals surface area (Å²) in [4.78, 5) is 10.5. The van der Waals surface area contributed by atoms with Crippen molar-refractivity contribution in [3.8, 4) is 0 Å². The molecule has 1 N–H and O–H groups in total. The molecule has 0 bridgehead atoms.